The summed E-state index contributed by atoms with van der Waals surface area (Å²) in [5, 5.41) is 3.48. The van der Waals surface area contributed by atoms with Crippen LogP contribution in [0.15, 0.2) is 0 Å². The van der Waals surface area contributed by atoms with Gasteiger partial charge in [0, 0.05) is 12.5 Å². The maximum Gasteiger partial charge on any atom is 0.185 e. The first-order valence-corrected chi connectivity index (χ1v) is 7.05. The summed E-state index contributed by atoms with van der Waals surface area (Å²) in [6.45, 7) is 3.94. The highest BCUT2D eigenvalue weighted by Crippen LogP contribution is 2.40. The van der Waals surface area contributed by atoms with Gasteiger partial charge in [0.15, 0.2) is 5.79 Å². The van der Waals surface area contributed by atoms with E-state index in [1.807, 2.05) is 0 Å². The summed E-state index contributed by atoms with van der Waals surface area (Å²) in [7, 11) is 2.07. The van der Waals surface area contributed by atoms with Crippen LogP contribution in [0.5, 0.6) is 0 Å². The molecule has 2 saturated heterocycles. The number of nitrogens with one attached hydrogen (secondary N) is 1. The average molecular weight is 240 g/mol. The summed E-state index contributed by atoms with van der Waals surface area (Å²) < 4.78 is 12.1. The van der Waals surface area contributed by atoms with Crippen LogP contribution in [0.2, 0.25) is 0 Å². The van der Waals surface area contributed by atoms with Gasteiger partial charge < -0.3 is 14.8 Å². The Morgan fingerprint density at radius 3 is 2.47 bits per heavy atom. The van der Waals surface area contributed by atoms with E-state index in [-0.39, 0.29) is 5.79 Å². The highest BCUT2D eigenvalue weighted by Gasteiger charge is 2.52. The molecule has 2 heterocycles. The van der Waals surface area contributed by atoms with Gasteiger partial charge in [0.05, 0.1) is 19.3 Å². The number of likely N-dealkylation sites (tertiary alicyclic amines) is 1. The zero-order valence-corrected chi connectivity index (χ0v) is 10.8. The third kappa shape index (κ3) is 2.01. The van der Waals surface area contributed by atoms with Crippen LogP contribution >= 0.6 is 0 Å². The number of nitrogens with zero attached hydrogens (tertiary/aromatic N) is 1. The Morgan fingerprint density at radius 2 is 1.82 bits per heavy atom. The molecule has 0 aromatic rings. The standard InChI is InChI=1S/C13H24N2O2/c1-14-11-5-4-6-13(16-9-10-17-13)12(11)15-7-2-3-8-15/h11-12,14H,2-10H2,1H3/t11-,12+/m1/s1. The molecule has 3 aliphatic rings. The molecule has 0 radical (unpaired) electrons. The van der Waals surface area contributed by atoms with Crippen molar-refractivity contribution >= 4 is 0 Å². The van der Waals surface area contributed by atoms with E-state index in [9.17, 15) is 0 Å². The zero-order valence-electron chi connectivity index (χ0n) is 10.8. The van der Waals surface area contributed by atoms with E-state index in [1.54, 1.807) is 0 Å². The van der Waals surface area contributed by atoms with Crippen molar-refractivity contribution in [2.45, 2.75) is 50.0 Å². The molecule has 2 atom stereocenters. The molecule has 2 aliphatic heterocycles. The summed E-state index contributed by atoms with van der Waals surface area (Å²) in [5.41, 5.74) is 0. The molecule has 3 rings (SSSR count). The van der Waals surface area contributed by atoms with Crippen LogP contribution in [0.25, 0.3) is 0 Å². The molecule has 98 valence electrons. The molecule has 0 bridgehead atoms. The average Bonchev–Trinajstić information content (AvgIpc) is 3.01. The molecule has 0 aromatic heterocycles. The summed E-state index contributed by atoms with van der Waals surface area (Å²) in [4.78, 5) is 2.59. The van der Waals surface area contributed by atoms with E-state index < -0.39 is 0 Å². The predicted molar refractivity (Wildman–Crippen MR) is 65.9 cm³/mol. The fourth-order valence-electron chi connectivity index (χ4n) is 3.82. The van der Waals surface area contributed by atoms with Crippen LogP contribution in [0.4, 0.5) is 0 Å². The molecule has 1 saturated carbocycles. The molecule has 3 fully saturated rings. The SMILES string of the molecule is CN[C@@H]1CCCC2(OCCO2)[C@H]1N1CCCC1. The number of ether oxygens (including phenoxy) is 2. The van der Waals surface area contributed by atoms with Crippen LogP contribution in [0, 0.1) is 0 Å². The van der Waals surface area contributed by atoms with E-state index in [4.69, 9.17) is 9.47 Å². The Bertz CT molecular complexity index is 258. The lowest BCUT2D eigenvalue weighted by atomic mass is 9.83. The van der Waals surface area contributed by atoms with Crippen LogP contribution in [-0.4, -0.2) is 56.1 Å². The number of hydrogen-bond acceptors (Lipinski definition) is 4. The minimum absolute atomic E-state index is 0.309. The molecule has 4 nitrogen and oxygen atoms in total. The monoisotopic (exact) mass is 240 g/mol. The summed E-state index contributed by atoms with van der Waals surface area (Å²) in [6.07, 6.45) is 6.15. The number of hydrogen-bond donors (Lipinski definition) is 1. The minimum Gasteiger partial charge on any atom is -0.346 e. The molecular formula is C13H24N2O2. The summed E-state index contributed by atoms with van der Waals surface area (Å²) in [5.74, 6) is -0.309. The van der Waals surface area contributed by atoms with Crippen molar-refractivity contribution in [3.63, 3.8) is 0 Å². The summed E-state index contributed by atoms with van der Waals surface area (Å²) >= 11 is 0. The van der Waals surface area contributed by atoms with Gasteiger partial charge >= 0.3 is 0 Å². The van der Waals surface area contributed by atoms with Crippen LogP contribution in [0.3, 0.4) is 0 Å². The van der Waals surface area contributed by atoms with Crippen molar-refractivity contribution < 1.29 is 9.47 Å². The molecule has 1 aliphatic carbocycles. The first kappa shape index (κ1) is 11.9. The van der Waals surface area contributed by atoms with Crippen molar-refractivity contribution in [2.24, 2.45) is 0 Å². The third-order valence-electron chi connectivity index (χ3n) is 4.55. The number of likely N-dealkylation sites (N-methyl/N-ethyl adjacent to an activating group) is 1. The second-order valence-electron chi connectivity index (χ2n) is 5.48. The topological polar surface area (TPSA) is 33.7 Å². The second kappa shape index (κ2) is 4.84. The fourth-order valence-corrected chi connectivity index (χ4v) is 3.82. The lowest BCUT2D eigenvalue weighted by Crippen LogP contribution is -2.63. The van der Waals surface area contributed by atoms with Crippen LogP contribution < -0.4 is 5.32 Å². The Morgan fingerprint density at radius 1 is 1.12 bits per heavy atom. The van der Waals surface area contributed by atoms with Gasteiger partial charge in [-0.15, -0.1) is 0 Å². The minimum atomic E-state index is -0.309. The summed E-state index contributed by atoms with van der Waals surface area (Å²) in [6, 6.07) is 0.922. The normalized spacial score (nSPS) is 37.9. The maximum atomic E-state index is 6.03. The fraction of sp³-hybridized carbons (Fsp3) is 1.00. The molecule has 1 spiro atoms. The van der Waals surface area contributed by atoms with Crippen molar-refractivity contribution in [3.8, 4) is 0 Å². The molecule has 1 N–H and O–H groups in total. The van der Waals surface area contributed by atoms with E-state index in [2.05, 4.69) is 17.3 Å². The van der Waals surface area contributed by atoms with E-state index in [1.165, 1.54) is 38.8 Å². The molecule has 4 heteroatoms. The van der Waals surface area contributed by atoms with Gasteiger partial charge in [-0.1, -0.05) is 0 Å². The highest BCUT2D eigenvalue weighted by molar-refractivity contribution is 5.01. The van der Waals surface area contributed by atoms with Gasteiger partial charge in [0.25, 0.3) is 0 Å². The van der Waals surface area contributed by atoms with Crippen LogP contribution in [0.1, 0.15) is 32.1 Å². The van der Waals surface area contributed by atoms with Crippen LogP contribution in [-0.2, 0) is 9.47 Å². The van der Waals surface area contributed by atoms with Crippen molar-refractivity contribution in [3.05, 3.63) is 0 Å². The second-order valence-corrected chi connectivity index (χ2v) is 5.48. The molecule has 0 amide bonds. The largest absolute Gasteiger partial charge is 0.346 e. The van der Waals surface area contributed by atoms with Gasteiger partial charge in [-0.3, -0.25) is 4.90 Å². The molecule has 0 unspecified atom stereocenters. The first-order valence-electron chi connectivity index (χ1n) is 7.05. The van der Waals surface area contributed by atoms with Gasteiger partial charge in [0.2, 0.25) is 0 Å². The Balaban J connectivity index is 1.84. The van der Waals surface area contributed by atoms with Crippen molar-refractivity contribution in [2.75, 3.05) is 33.4 Å². The Labute approximate surface area is 104 Å². The lowest BCUT2D eigenvalue weighted by Gasteiger charge is -2.48. The predicted octanol–water partition coefficient (Wildman–Crippen LogP) is 0.966. The first-order chi connectivity index (χ1) is 8.36. The Hall–Kier alpha value is -0.160. The van der Waals surface area contributed by atoms with E-state index in [0.717, 1.165) is 19.6 Å². The van der Waals surface area contributed by atoms with E-state index in [0.29, 0.717) is 12.1 Å². The highest BCUT2D eigenvalue weighted by atomic mass is 16.7. The van der Waals surface area contributed by atoms with Crippen molar-refractivity contribution in [1.29, 1.82) is 0 Å². The van der Waals surface area contributed by atoms with Gasteiger partial charge in [0.1, 0.15) is 0 Å². The molecular weight excluding hydrogens is 216 g/mol. The van der Waals surface area contributed by atoms with Gasteiger partial charge in [-0.2, -0.15) is 0 Å². The third-order valence-corrected chi connectivity index (χ3v) is 4.55. The molecule has 0 aromatic carbocycles. The van der Waals surface area contributed by atoms with E-state index >= 15 is 0 Å². The maximum absolute atomic E-state index is 6.03. The number of rotatable bonds is 2. The quantitative estimate of drug-likeness (QED) is 0.780. The lowest BCUT2D eigenvalue weighted by molar-refractivity contribution is -0.222. The van der Waals surface area contributed by atoms with Gasteiger partial charge in [-0.05, 0) is 45.8 Å². The molecule has 17 heavy (non-hydrogen) atoms. The van der Waals surface area contributed by atoms with Gasteiger partial charge in [-0.25, -0.2) is 0 Å². The van der Waals surface area contributed by atoms with Crippen molar-refractivity contribution in [1.82, 2.24) is 10.2 Å². The zero-order chi connectivity index (χ0) is 11.7. The smallest absolute Gasteiger partial charge is 0.185 e. The Kier molecular flexibility index (Phi) is 3.39.